The lowest BCUT2D eigenvalue weighted by atomic mass is 9.78. The van der Waals surface area contributed by atoms with E-state index in [0.717, 1.165) is 12.8 Å². The van der Waals surface area contributed by atoms with Crippen molar-refractivity contribution in [2.24, 2.45) is 5.41 Å². The van der Waals surface area contributed by atoms with Crippen LogP contribution < -0.4 is 10.2 Å². The van der Waals surface area contributed by atoms with E-state index >= 15 is 0 Å². The summed E-state index contributed by atoms with van der Waals surface area (Å²) in [6.07, 6.45) is 2.85. The van der Waals surface area contributed by atoms with E-state index in [2.05, 4.69) is 0 Å². The number of carboxylic acids is 2. The van der Waals surface area contributed by atoms with E-state index in [4.69, 9.17) is 0 Å². The Morgan fingerprint density at radius 1 is 0.933 bits per heavy atom. The Kier molecular flexibility index (Phi) is 5.97. The van der Waals surface area contributed by atoms with Crippen LogP contribution in [0.5, 0.6) is 0 Å². The molecular weight excluding hydrogens is 196 g/mol. The maximum Gasteiger partial charge on any atom is 0.0532 e. The van der Waals surface area contributed by atoms with Crippen LogP contribution in [-0.2, 0) is 9.59 Å². The predicted octanol–water partition coefficient (Wildman–Crippen LogP) is -0.147. The van der Waals surface area contributed by atoms with Gasteiger partial charge in [-0.15, -0.1) is 0 Å². The molecule has 0 heterocycles. The van der Waals surface area contributed by atoms with Crippen LogP contribution in [0.3, 0.4) is 0 Å². The fourth-order valence-corrected chi connectivity index (χ4v) is 1.57. The molecule has 0 aliphatic heterocycles. The van der Waals surface area contributed by atoms with Gasteiger partial charge in [0.05, 0.1) is 11.9 Å². The second-order valence-electron chi connectivity index (χ2n) is 3.86. The molecule has 0 atom stereocenters. The van der Waals surface area contributed by atoms with Gasteiger partial charge < -0.3 is 19.8 Å². The summed E-state index contributed by atoms with van der Waals surface area (Å²) in [7, 11) is 0. The molecule has 0 aliphatic carbocycles. The largest absolute Gasteiger partial charge is 0.549 e. The molecule has 4 heteroatoms. The van der Waals surface area contributed by atoms with E-state index in [0.29, 0.717) is 12.8 Å². The minimum absolute atomic E-state index is 0.105. The van der Waals surface area contributed by atoms with Crippen LogP contribution in [-0.4, -0.2) is 11.9 Å². The van der Waals surface area contributed by atoms with E-state index < -0.39 is 17.4 Å². The van der Waals surface area contributed by atoms with E-state index in [1.165, 1.54) is 0 Å². The third-order valence-electron chi connectivity index (χ3n) is 2.70. The van der Waals surface area contributed by atoms with Crippen molar-refractivity contribution in [2.45, 2.75) is 52.4 Å². The summed E-state index contributed by atoms with van der Waals surface area (Å²) in [5.74, 6) is -3.02. The highest BCUT2D eigenvalue weighted by Gasteiger charge is 2.32. The molecule has 0 aliphatic rings. The van der Waals surface area contributed by atoms with Crippen LogP contribution in [0, 0.1) is 5.41 Å². The molecule has 0 rings (SSSR count). The second kappa shape index (κ2) is 6.43. The zero-order valence-corrected chi connectivity index (χ0v) is 9.38. The van der Waals surface area contributed by atoms with Gasteiger partial charge in [0.15, 0.2) is 0 Å². The van der Waals surface area contributed by atoms with E-state index in [1.54, 1.807) is 0 Å². The van der Waals surface area contributed by atoms with Gasteiger partial charge in [0.2, 0.25) is 0 Å². The highest BCUT2D eigenvalue weighted by molar-refractivity contribution is 5.96. The van der Waals surface area contributed by atoms with Crippen molar-refractivity contribution in [2.75, 3.05) is 0 Å². The van der Waals surface area contributed by atoms with Crippen molar-refractivity contribution in [1.82, 2.24) is 0 Å². The molecule has 88 valence electrons. The van der Waals surface area contributed by atoms with Crippen LogP contribution in [0.2, 0.25) is 0 Å². The quantitative estimate of drug-likeness (QED) is 0.526. The zero-order chi connectivity index (χ0) is 11.9. The van der Waals surface area contributed by atoms with Crippen molar-refractivity contribution in [1.29, 1.82) is 0 Å². The SMILES string of the molecule is CCCCC(CCCC)(C(=O)[O-])C(=O)[O-]. The molecule has 4 nitrogen and oxygen atoms in total. The molecule has 0 bridgehead atoms. The Hall–Kier alpha value is -1.06. The zero-order valence-electron chi connectivity index (χ0n) is 9.38. The number of hydrogen-bond donors (Lipinski definition) is 0. The number of hydrogen-bond acceptors (Lipinski definition) is 4. The van der Waals surface area contributed by atoms with Crippen LogP contribution >= 0.6 is 0 Å². The number of carboxylic acid groups (broad SMARTS) is 2. The predicted molar refractivity (Wildman–Crippen MR) is 51.5 cm³/mol. The van der Waals surface area contributed by atoms with Gasteiger partial charge in [-0.25, -0.2) is 0 Å². The molecule has 0 amide bonds. The Morgan fingerprint density at radius 3 is 1.47 bits per heavy atom. The maximum atomic E-state index is 10.9. The van der Waals surface area contributed by atoms with Gasteiger partial charge in [0.1, 0.15) is 0 Å². The van der Waals surface area contributed by atoms with Crippen LogP contribution in [0.4, 0.5) is 0 Å². The molecular formula is C11H18O4-2. The summed E-state index contributed by atoms with van der Waals surface area (Å²) in [5, 5.41) is 21.9. The summed E-state index contributed by atoms with van der Waals surface area (Å²) in [6, 6.07) is 0. The third kappa shape index (κ3) is 3.53. The second-order valence-corrected chi connectivity index (χ2v) is 3.86. The number of carbonyl (C=O) groups excluding carboxylic acids is 2. The average molecular weight is 214 g/mol. The maximum absolute atomic E-state index is 10.9. The number of rotatable bonds is 8. The first-order valence-electron chi connectivity index (χ1n) is 5.44. The lowest BCUT2D eigenvalue weighted by Gasteiger charge is -2.36. The van der Waals surface area contributed by atoms with Crippen LogP contribution in [0.1, 0.15) is 52.4 Å². The smallest absolute Gasteiger partial charge is 0.0532 e. The summed E-state index contributed by atoms with van der Waals surface area (Å²) in [6.45, 7) is 3.77. The van der Waals surface area contributed by atoms with Crippen molar-refractivity contribution >= 4 is 11.9 Å². The van der Waals surface area contributed by atoms with Gasteiger partial charge in [-0.05, 0) is 12.8 Å². The Bertz CT molecular complexity index is 199. The van der Waals surface area contributed by atoms with Crippen LogP contribution in [0.25, 0.3) is 0 Å². The fourth-order valence-electron chi connectivity index (χ4n) is 1.57. The Labute approximate surface area is 90.3 Å². The molecule has 0 radical (unpaired) electrons. The summed E-state index contributed by atoms with van der Waals surface area (Å²) in [5.41, 5.74) is -1.79. The summed E-state index contributed by atoms with van der Waals surface area (Å²) in [4.78, 5) is 21.9. The first-order valence-corrected chi connectivity index (χ1v) is 5.44. The molecule has 0 saturated heterocycles. The van der Waals surface area contributed by atoms with Gasteiger partial charge in [-0.1, -0.05) is 39.5 Å². The van der Waals surface area contributed by atoms with Crippen molar-refractivity contribution < 1.29 is 19.8 Å². The van der Waals surface area contributed by atoms with Crippen molar-refractivity contribution in [3.8, 4) is 0 Å². The van der Waals surface area contributed by atoms with E-state index in [-0.39, 0.29) is 12.8 Å². The third-order valence-corrected chi connectivity index (χ3v) is 2.70. The lowest BCUT2D eigenvalue weighted by Crippen LogP contribution is -2.53. The minimum Gasteiger partial charge on any atom is -0.549 e. The minimum atomic E-state index is -1.79. The number of unbranched alkanes of at least 4 members (excludes halogenated alkanes) is 2. The normalized spacial score (nSPS) is 11.3. The summed E-state index contributed by atoms with van der Waals surface area (Å²) < 4.78 is 0. The van der Waals surface area contributed by atoms with Gasteiger partial charge in [-0.2, -0.15) is 0 Å². The molecule has 0 aromatic rings. The molecule has 0 fully saturated rings. The molecule has 0 N–H and O–H groups in total. The van der Waals surface area contributed by atoms with Gasteiger partial charge in [0.25, 0.3) is 0 Å². The monoisotopic (exact) mass is 214 g/mol. The first kappa shape index (κ1) is 13.9. The van der Waals surface area contributed by atoms with Crippen LogP contribution in [0.15, 0.2) is 0 Å². The molecule has 0 unspecified atom stereocenters. The Morgan fingerprint density at radius 2 is 1.27 bits per heavy atom. The molecule has 0 spiro atoms. The summed E-state index contributed by atoms with van der Waals surface area (Å²) >= 11 is 0. The average Bonchev–Trinajstić information content (AvgIpc) is 2.17. The topological polar surface area (TPSA) is 80.3 Å². The lowest BCUT2D eigenvalue weighted by molar-refractivity contribution is -0.344. The molecule has 0 aromatic carbocycles. The van der Waals surface area contributed by atoms with Gasteiger partial charge >= 0.3 is 0 Å². The Balaban J connectivity index is 4.73. The van der Waals surface area contributed by atoms with Crippen molar-refractivity contribution in [3.05, 3.63) is 0 Å². The number of aliphatic carboxylic acids is 2. The highest BCUT2D eigenvalue weighted by Crippen LogP contribution is 2.30. The first-order chi connectivity index (χ1) is 7.01. The molecule has 0 aromatic heterocycles. The standard InChI is InChI=1S/C11H20O4/c1-3-5-7-11(9(12)13,10(14)15)8-6-4-2/h3-8H2,1-2H3,(H,12,13)(H,14,15)/p-2. The number of carbonyl (C=O) groups is 2. The van der Waals surface area contributed by atoms with E-state index in [9.17, 15) is 19.8 Å². The van der Waals surface area contributed by atoms with Crippen molar-refractivity contribution in [3.63, 3.8) is 0 Å². The fraction of sp³-hybridized carbons (Fsp3) is 0.818. The van der Waals surface area contributed by atoms with E-state index in [1.807, 2.05) is 13.8 Å². The van der Waals surface area contributed by atoms with Gasteiger partial charge in [0, 0.05) is 5.41 Å². The van der Waals surface area contributed by atoms with Gasteiger partial charge in [-0.3, -0.25) is 0 Å². The molecule has 0 saturated carbocycles. The highest BCUT2D eigenvalue weighted by atomic mass is 16.4. The molecule has 15 heavy (non-hydrogen) atoms.